The van der Waals surface area contributed by atoms with Crippen LogP contribution in [0.5, 0.6) is 0 Å². The molecule has 0 aromatic heterocycles. The van der Waals surface area contributed by atoms with Gasteiger partial charge in [0.15, 0.2) is 0 Å². The van der Waals surface area contributed by atoms with E-state index in [9.17, 15) is 4.79 Å². The van der Waals surface area contributed by atoms with Crippen LogP contribution in [0.3, 0.4) is 0 Å². The number of carbonyl (C=O) groups is 1. The van der Waals surface area contributed by atoms with Crippen molar-refractivity contribution in [2.75, 3.05) is 4.43 Å². The molecule has 0 aliphatic heterocycles. The third-order valence-corrected chi connectivity index (χ3v) is 3.66. The minimum absolute atomic E-state index is 0.00743. The highest BCUT2D eigenvalue weighted by molar-refractivity contribution is 14.1. The number of carbonyl (C=O) groups excluding carboxylic acids is 1. The van der Waals surface area contributed by atoms with E-state index in [0.29, 0.717) is 0 Å². The highest BCUT2D eigenvalue weighted by atomic mass is 127. The molecule has 0 saturated carbocycles. The van der Waals surface area contributed by atoms with Gasteiger partial charge in [-0.15, -0.1) is 0 Å². The molecule has 0 fully saturated rings. The van der Waals surface area contributed by atoms with Crippen LogP contribution in [0.15, 0.2) is 30.3 Å². The molecule has 0 saturated heterocycles. The molecule has 1 aromatic rings. The summed E-state index contributed by atoms with van der Waals surface area (Å²) in [6, 6.07) is 10.0. The van der Waals surface area contributed by atoms with Crippen LogP contribution in [0.2, 0.25) is 0 Å². The fourth-order valence-electron chi connectivity index (χ4n) is 1.38. The van der Waals surface area contributed by atoms with E-state index in [4.69, 9.17) is 0 Å². The first-order chi connectivity index (χ1) is 6.58. The highest BCUT2D eigenvalue weighted by Crippen LogP contribution is 2.22. The maximum Gasteiger partial charge on any atom is 0.217 e. The van der Waals surface area contributed by atoms with E-state index in [0.717, 1.165) is 9.99 Å². The Kier molecular flexibility index (Phi) is 3.92. The summed E-state index contributed by atoms with van der Waals surface area (Å²) in [5.41, 5.74) is 0.887. The maximum atomic E-state index is 11.1. The fourth-order valence-corrected chi connectivity index (χ4v) is 2.01. The van der Waals surface area contributed by atoms with Gasteiger partial charge < -0.3 is 5.32 Å². The maximum absolute atomic E-state index is 11.1. The number of halogens is 1. The predicted octanol–water partition coefficient (Wildman–Crippen LogP) is 2.47. The molecule has 1 unspecified atom stereocenters. The van der Waals surface area contributed by atoms with Crippen LogP contribution < -0.4 is 5.32 Å². The van der Waals surface area contributed by atoms with Crippen molar-refractivity contribution >= 4 is 28.5 Å². The van der Waals surface area contributed by atoms with Crippen molar-refractivity contribution < 1.29 is 4.79 Å². The van der Waals surface area contributed by atoms with E-state index in [2.05, 4.69) is 27.9 Å². The van der Waals surface area contributed by atoms with Gasteiger partial charge in [0.1, 0.15) is 0 Å². The van der Waals surface area contributed by atoms with E-state index in [1.807, 2.05) is 37.3 Å². The zero-order chi connectivity index (χ0) is 10.6. The summed E-state index contributed by atoms with van der Waals surface area (Å²) < 4.78 is 0.856. The Morgan fingerprint density at radius 3 is 2.43 bits per heavy atom. The third-order valence-electron chi connectivity index (χ3n) is 2.13. The van der Waals surface area contributed by atoms with Gasteiger partial charge in [-0.3, -0.25) is 4.79 Å². The Labute approximate surface area is 98.2 Å². The van der Waals surface area contributed by atoms with Gasteiger partial charge in [-0.1, -0.05) is 52.9 Å². The zero-order valence-corrected chi connectivity index (χ0v) is 10.5. The molecule has 1 N–H and O–H groups in total. The third kappa shape index (κ3) is 2.70. The normalized spacial score (nSPS) is 14.5. The van der Waals surface area contributed by atoms with Gasteiger partial charge in [-0.2, -0.15) is 0 Å². The van der Waals surface area contributed by atoms with Gasteiger partial charge in [0.2, 0.25) is 5.91 Å². The summed E-state index contributed by atoms with van der Waals surface area (Å²) in [6.45, 7) is 3.59. The van der Waals surface area contributed by atoms with Crippen LogP contribution in [-0.2, 0) is 10.3 Å². The summed E-state index contributed by atoms with van der Waals surface area (Å²) in [5.74, 6) is 0.00743. The van der Waals surface area contributed by atoms with Crippen molar-refractivity contribution in [3.8, 4) is 0 Å². The summed E-state index contributed by atoms with van der Waals surface area (Å²) in [7, 11) is 0. The van der Waals surface area contributed by atoms with Crippen molar-refractivity contribution in [3.63, 3.8) is 0 Å². The predicted molar refractivity (Wildman–Crippen MR) is 66.5 cm³/mol. The Balaban J connectivity index is 2.95. The van der Waals surface area contributed by atoms with Crippen molar-refractivity contribution in [3.05, 3.63) is 35.9 Å². The van der Waals surface area contributed by atoms with Gasteiger partial charge in [0.25, 0.3) is 0 Å². The molecule has 1 atom stereocenters. The molecule has 3 heteroatoms. The molecule has 0 radical (unpaired) electrons. The molecule has 1 amide bonds. The molecule has 0 heterocycles. The number of hydrogen-bond donors (Lipinski definition) is 1. The van der Waals surface area contributed by atoms with Gasteiger partial charge in [-0.25, -0.2) is 0 Å². The Morgan fingerprint density at radius 2 is 2.00 bits per heavy atom. The van der Waals surface area contributed by atoms with Gasteiger partial charge in [0.05, 0.1) is 5.54 Å². The molecule has 0 bridgehead atoms. The quantitative estimate of drug-likeness (QED) is 0.674. The second-order valence-electron chi connectivity index (χ2n) is 3.51. The molecule has 14 heavy (non-hydrogen) atoms. The Bertz CT molecular complexity index is 312. The Hall–Kier alpha value is -0.580. The second kappa shape index (κ2) is 4.77. The first-order valence-corrected chi connectivity index (χ1v) is 6.01. The summed E-state index contributed by atoms with van der Waals surface area (Å²) in [6.07, 6.45) is 0. The van der Waals surface area contributed by atoms with Crippen LogP contribution in [0.1, 0.15) is 19.4 Å². The first kappa shape index (κ1) is 11.5. The molecule has 0 aliphatic rings. The largest absolute Gasteiger partial charge is 0.346 e. The zero-order valence-electron chi connectivity index (χ0n) is 8.38. The minimum atomic E-state index is -0.256. The lowest BCUT2D eigenvalue weighted by molar-refractivity contribution is -0.120. The first-order valence-electron chi connectivity index (χ1n) is 4.49. The van der Waals surface area contributed by atoms with Crippen LogP contribution in [0.4, 0.5) is 0 Å². The van der Waals surface area contributed by atoms with E-state index in [1.165, 1.54) is 0 Å². The van der Waals surface area contributed by atoms with E-state index < -0.39 is 0 Å². The Morgan fingerprint density at radius 1 is 1.43 bits per heavy atom. The number of hydrogen-bond acceptors (Lipinski definition) is 1. The molecule has 2 nitrogen and oxygen atoms in total. The lowest BCUT2D eigenvalue weighted by atomic mass is 9.94. The van der Waals surface area contributed by atoms with E-state index >= 15 is 0 Å². The van der Waals surface area contributed by atoms with Crippen LogP contribution in [0.25, 0.3) is 0 Å². The number of alkyl halides is 1. The van der Waals surface area contributed by atoms with Crippen molar-refractivity contribution in [2.24, 2.45) is 0 Å². The van der Waals surface area contributed by atoms with Crippen molar-refractivity contribution in [1.29, 1.82) is 0 Å². The van der Waals surface area contributed by atoms with Crippen LogP contribution in [-0.4, -0.2) is 10.3 Å². The van der Waals surface area contributed by atoms with E-state index in [1.54, 1.807) is 6.92 Å². The number of rotatable bonds is 3. The molecule has 1 rings (SSSR count). The molecular formula is C11H14INO. The topological polar surface area (TPSA) is 29.1 Å². The number of amides is 1. The molecule has 76 valence electrons. The summed E-state index contributed by atoms with van der Waals surface area (Å²) in [4.78, 5) is 11.1. The molecule has 0 aliphatic carbocycles. The standard InChI is InChI=1S/C11H14INO/c1-9(14)13-11(2,8-12)10-6-4-3-5-7-10/h3-7H,8H2,1-2H3,(H,13,14). The number of nitrogens with one attached hydrogen (secondary N) is 1. The fraction of sp³-hybridized carbons (Fsp3) is 0.364. The molecular weight excluding hydrogens is 289 g/mol. The molecule has 1 aromatic carbocycles. The minimum Gasteiger partial charge on any atom is -0.346 e. The van der Waals surface area contributed by atoms with E-state index in [-0.39, 0.29) is 11.4 Å². The van der Waals surface area contributed by atoms with Gasteiger partial charge in [-0.05, 0) is 12.5 Å². The number of benzene rings is 1. The monoisotopic (exact) mass is 303 g/mol. The van der Waals surface area contributed by atoms with Gasteiger partial charge in [0, 0.05) is 11.4 Å². The summed E-state index contributed by atoms with van der Waals surface area (Å²) in [5, 5.41) is 2.98. The van der Waals surface area contributed by atoms with Crippen LogP contribution in [0, 0.1) is 0 Å². The lowest BCUT2D eigenvalue weighted by Crippen LogP contribution is -2.43. The SMILES string of the molecule is CC(=O)NC(C)(CI)c1ccccc1. The van der Waals surface area contributed by atoms with Crippen molar-refractivity contribution in [2.45, 2.75) is 19.4 Å². The average molecular weight is 303 g/mol. The highest BCUT2D eigenvalue weighted by Gasteiger charge is 2.25. The smallest absolute Gasteiger partial charge is 0.217 e. The average Bonchev–Trinajstić information content (AvgIpc) is 2.18. The van der Waals surface area contributed by atoms with Crippen molar-refractivity contribution in [1.82, 2.24) is 5.32 Å². The van der Waals surface area contributed by atoms with Gasteiger partial charge >= 0.3 is 0 Å². The summed E-state index contributed by atoms with van der Waals surface area (Å²) >= 11 is 2.29. The second-order valence-corrected chi connectivity index (χ2v) is 4.28. The molecule has 0 spiro atoms. The van der Waals surface area contributed by atoms with Crippen LogP contribution >= 0.6 is 22.6 Å². The lowest BCUT2D eigenvalue weighted by Gasteiger charge is -2.28.